The number of hydrogen-bond donors (Lipinski definition) is 2. The Balaban J connectivity index is 1.58. The van der Waals surface area contributed by atoms with Crippen molar-refractivity contribution in [2.45, 2.75) is 31.7 Å². The summed E-state index contributed by atoms with van der Waals surface area (Å²) >= 11 is 0. The zero-order valence-electron chi connectivity index (χ0n) is 15.8. The van der Waals surface area contributed by atoms with Crippen LogP contribution in [-0.4, -0.2) is 22.5 Å². The number of halogens is 3. The van der Waals surface area contributed by atoms with E-state index in [1.807, 2.05) is 18.2 Å². The smallest absolute Gasteiger partial charge is 0.374 e. The summed E-state index contributed by atoms with van der Waals surface area (Å²) in [6.45, 7) is 0.132. The molecule has 4 rings (SSSR count). The molecule has 0 unspecified atom stereocenters. The van der Waals surface area contributed by atoms with Crippen molar-refractivity contribution in [1.82, 2.24) is 15.3 Å². The first-order chi connectivity index (χ1) is 14.3. The van der Waals surface area contributed by atoms with E-state index in [0.717, 1.165) is 36.6 Å². The number of fused-ring (bicyclic) bond motifs is 1. The first-order valence-electron chi connectivity index (χ1n) is 9.38. The van der Waals surface area contributed by atoms with Crippen LogP contribution in [0.5, 0.6) is 0 Å². The molecule has 30 heavy (non-hydrogen) atoms. The van der Waals surface area contributed by atoms with Gasteiger partial charge < -0.3 is 15.0 Å². The second kappa shape index (κ2) is 7.91. The molecule has 2 N–H and O–H groups in total. The molecule has 6 nitrogen and oxygen atoms in total. The predicted octanol–water partition coefficient (Wildman–Crippen LogP) is 3.52. The van der Waals surface area contributed by atoms with Crippen LogP contribution in [0.1, 0.15) is 51.9 Å². The third-order valence-corrected chi connectivity index (χ3v) is 4.94. The first-order valence-corrected chi connectivity index (χ1v) is 9.38. The Morgan fingerprint density at radius 2 is 2.07 bits per heavy atom. The van der Waals surface area contributed by atoms with Gasteiger partial charge in [-0.3, -0.25) is 9.59 Å². The topological polar surface area (TPSA) is 84.1 Å². The van der Waals surface area contributed by atoms with Gasteiger partial charge in [0.05, 0.1) is 24.8 Å². The summed E-state index contributed by atoms with van der Waals surface area (Å²) in [5.41, 5.74) is 0.308. The quantitative estimate of drug-likeness (QED) is 0.801. The van der Waals surface area contributed by atoms with Crippen LogP contribution >= 0.6 is 0 Å². The zero-order chi connectivity index (χ0) is 21.3. The molecule has 0 saturated carbocycles. The van der Waals surface area contributed by atoms with Crippen LogP contribution in [0.3, 0.4) is 0 Å². The van der Waals surface area contributed by atoms with Crippen LogP contribution in [0.4, 0.5) is 13.2 Å². The maximum Gasteiger partial charge on any atom is 0.416 e. The number of amides is 1. The number of H-pyrrole nitrogens is 1. The van der Waals surface area contributed by atoms with Crippen molar-refractivity contribution in [3.05, 3.63) is 81.1 Å². The van der Waals surface area contributed by atoms with Crippen LogP contribution in [0, 0.1) is 0 Å². The number of aromatic nitrogens is 2. The lowest BCUT2D eigenvalue weighted by Crippen LogP contribution is -2.35. The van der Waals surface area contributed by atoms with Gasteiger partial charge in [-0.15, -0.1) is 0 Å². The number of aromatic amines is 1. The second-order valence-electron chi connectivity index (χ2n) is 7.07. The maximum absolute atomic E-state index is 13.0. The molecule has 0 saturated heterocycles. The number of benzene rings is 1. The van der Waals surface area contributed by atoms with Gasteiger partial charge in [0.15, 0.2) is 0 Å². The van der Waals surface area contributed by atoms with Crippen molar-refractivity contribution in [2.75, 3.05) is 6.61 Å². The molecule has 0 spiro atoms. The Morgan fingerprint density at radius 3 is 2.80 bits per heavy atom. The van der Waals surface area contributed by atoms with Gasteiger partial charge in [0.1, 0.15) is 11.5 Å². The van der Waals surface area contributed by atoms with E-state index in [0.29, 0.717) is 17.0 Å². The molecule has 2 aromatic rings. The summed E-state index contributed by atoms with van der Waals surface area (Å²) in [6.07, 6.45) is 2.94. The number of nitrogens with zero attached hydrogens (tertiary/aromatic N) is 1. The Kier molecular flexibility index (Phi) is 5.29. The minimum atomic E-state index is -4.46. The molecule has 9 heteroatoms. The van der Waals surface area contributed by atoms with E-state index in [-0.39, 0.29) is 18.9 Å². The monoisotopic (exact) mass is 417 g/mol. The Labute approximate surface area is 169 Å². The largest absolute Gasteiger partial charge is 0.416 e. The molecule has 0 fully saturated rings. The second-order valence-corrected chi connectivity index (χ2v) is 7.07. The van der Waals surface area contributed by atoms with E-state index < -0.39 is 29.2 Å². The van der Waals surface area contributed by atoms with Crippen molar-refractivity contribution in [2.24, 2.45) is 0 Å². The highest BCUT2D eigenvalue weighted by molar-refractivity contribution is 5.93. The van der Waals surface area contributed by atoms with Gasteiger partial charge in [-0.25, -0.2) is 4.98 Å². The lowest BCUT2D eigenvalue weighted by atomic mass is 9.96. The lowest BCUT2D eigenvalue weighted by Gasteiger charge is -2.27. The summed E-state index contributed by atoms with van der Waals surface area (Å²) in [5, 5.41) is 2.71. The van der Waals surface area contributed by atoms with Gasteiger partial charge in [0.2, 0.25) is 0 Å². The molecular formula is C21H18F3N3O3. The zero-order valence-corrected chi connectivity index (χ0v) is 15.8. The Bertz CT molecular complexity index is 1100. The standard InChI is InChI=1S/C21H18F3N3O3/c22-21(23,24)14-6-7-15-13(8-14)10-30-11-17(15)26-20(29)16-9-18(28)27-19(25-16)12-4-2-1-3-5-12/h2,4-9,17H,1,3,10-11H2,(H,26,29)(H,25,27,28)/t17-/m1/s1. The number of rotatable bonds is 3. The van der Waals surface area contributed by atoms with Crippen molar-refractivity contribution >= 4 is 11.5 Å². The van der Waals surface area contributed by atoms with Crippen LogP contribution in [0.2, 0.25) is 0 Å². The molecule has 1 atom stereocenters. The molecule has 0 bridgehead atoms. The number of ether oxygens (including phenoxy) is 1. The fourth-order valence-corrected chi connectivity index (χ4v) is 3.47. The minimum Gasteiger partial charge on any atom is -0.374 e. The highest BCUT2D eigenvalue weighted by atomic mass is 19.4. The van der Waals surface area contributed by atoms with Crippen LogP contribution in [-0.2, 0) is 17.5 Å². The predicted molar refractivity (Wildman–Crippen MR) is 103 cm³/mol. The normalized spacial score (nSPS) is 18.5. The molecule has 156 valence electrons. The lowest BCUT2D eigenvalue weighted by molar-refractivity contribution is -0.137. The molecule has 1 aliphatic carbocycles. The molecule has 2 aliphatic rings. The average Bonchev–Trinajstić information content (AvgIpc) is 2.73. The molecule has 1 aromatic carbocycles. The van der Waals surface area contributed by atoms with Crippen molar-refractivity contribution in [1.29, 1.82) is 0 Å². The average molecular weight is 417 g/mol. The van der Waals surface area contributed by atoms with Gasteiger partial charge in [0, 0.05) is 11.6 Å². The summed E-state index contributed by atoms with van der Waals surface area (Å²) in [4.78, 5) is 31.6. The molecule has 1 aliphatic heterocycles. The van der Waals surface area contributed by atoms with Crippen molar-refractivity contribution < 1.29 is 22.7 Å². The number of alkyl halides is 3. The summed E-state index contributed by atoms with van der Waals surface area (Å²) in [5.74, 6) is -0.317. The van der Waals surface area contributed by atoms with E-state index in [2.05, 4.69) is 15.3 Å². The number of hydrogen-bond acceptors (Lipinski definition) is 4. The summed E-state index contributed by atoms with van der Waals surface area (Å²) < 4.78 is 44.2. The van der Waals surface area contributed by atoms with Gasteiger partial charge in [-0.2, -0.15) is 13.2 Å². The van der Waals surface area contributed by atoms with Crippen LogP contribution in [0.25, 0.3) is 5.57 Å². The Morgan fingerprint density at radius 1 is 1.23 bits per heavy atom. The molecule has 0 radical (unpaired) electrons. The molecule has 2 heterocycles. The number of carbonyl (C=O) groups excluding carboxylic acids is 1. The third kappa shape index (κ3) is 4.20. The third-order valence-electron chi connectivity index (χ3n) is 4.94. The van der Waals surface area contributed by atoms with E-state index in [4.69, 9.17) is 4.74 Å². The highest BCUT2D eigenvalue weighted by Crippen LogP contribution is 2.33. The number of carbonyl (C=O) groups is 1. The molecular weight excluding hydrogens is 399 g/mol. The van der Waals surface area contributed by atoms with E-state index in [9.17, 15) is 22.8 Å². The fourth-order valence-electron chi connectivity index (χ4n) is 3.47. The first kappa shape index (κ1) is 20.1. The van der Waals surface area contributed by atoms with E-state index >= 15 is 0 Å². The van der Waals surface area contributed by atoms with Gasteiger partial charge in [-0.1, -0.05) is 24.3 Å². The van der Waals surface area contributed by atoms with E-state index in [1.54, 1.807) is 0 Å². The molecule has 1 aromatic heterocycles. The summed E-state index contributed by atoms with van der Waals surface area (Å²) in [7, 11) is 0. The molecule has 1 amide bonds. The number of allylic oxidation sites excluding steroid dienone is 4. The van der Waals surface area contributed by atoms with E-state index in [1.165, 1.54) is 6.07 Å². The number of nitrogens with one attached hydrogen (secondary N) is 2. The van der Waals surface area contributed by atoms with Crippen molar-refractivity contribution in [3.8, 4) is 0 Å². The van der Waals surface area contributed by atoms with Gasteiger partial charge in [-0.05, 0) is 36.1 Å². The Hall–Kier alpha value is -3.20. The van der Waals surface area contributed by atoms with Gasteiger partial charge >= 0.3 is 6.18 Å². The highest BCUT2D eigenvalue weighted by Gasteiger charge is 2.33. The van der Waals surface area contributed by atoms with Gasteiger partial charge in [0.25, 0.3) is 11.5 Å². The minimum absolute atomic E-state index is 0.0273. The van der Waals surface area contributed by atoms with Crippen LogP contribution in [0.15, 0.2) is 47.3 Å². The van der Waals surface area contributed by atoms with Crippen LogP contribution < -0.4 is 10.9 Å². The fraction of sp³-hybridized carbons (Fsp3) is 0.286. The SMILES string of the molecule is O=C(N[C@@H]1COCc2cc(C(F)(F)F)ccc21)c1cc(=O)[nH]c(C2=CCCC=C2)n1. The summed E-state index contributed by atoms with van der Waals surface area (Å²) in [6, 6.07) is 3.79. The maximum atomic E-state index is 13.0. The van der Waals surface area contributed by atoms with Crippen molar-refractivity contribution in [3.63, 3.8) is 0 Å².